The Kier molecular flexibility index (Phi) is 2.80. The lowest BCUT2D eigenvalue weighted by Gasteiger charge is -2.29. The van der Waals surface area contributed by atoms with Gasteiger partial charge in [0.15, 0.2) is 0 Å². The minimum Gasteiger partial charge on any atom is -0.456 e. The Hall–Kier alpha value is -0.790. The lowest BCUT2D eigenvalue weighted by atomic mass is 9.82. The molecule has 0 aromatic heterocycles. The lowest BCUT2D eigenvalue weighted by Crippen LogP contribution is -2.33. The second-order valence-corrected chi connectivity index (χ2v) is 6.78. The number of carbonyl (C=O) groups is 1. The predicted octanol–water partition coefficient (Wildman–Crippen LogP) is 3.71. The van der Waals surface area contributed by atoms with Crippen molar-refractivity contribution in [3.63, 3.8) is 0 Å². The molecule has 2 nitrogen and oxygen atoms in total. The van der Waals surface area contributed by atoms with Crippen LogP contribution in [-0.2, 0) is 9.53 Å². The van der Waals surface area contributed by atoms with Crippen molar-refractivity contribution in [1.82, 2.24) is 0 Å². The van der Waals surface area contributed by atoms with Gasteiger partial charge in [-0.15, -0.1) is 0 Å². The molecule has 0 aromatic rings. The zero-order valence-electron chi connectivity index (χ0n) is 11.6. The summed E-state index contributed by atoms with van der Waals surface area (Å²) in [5.41, 5.74) is 0.356. The first-order chi connectivity index (χ1) is 8.54. The van der Waals surface area contributed by atoms with Crippen molar-refractivity contribution < 1.29 is 9.53 Å². The molecule has 0 radical (unpaired) electrons. The van der Waals surface area contributed by atoms with E-state index in [0.717, 1.165) is 42.9 Å². The molecular weight excluding hydrogens is 224 g/mol. The smallest absolute Gasteiger partial charge is 0.333 e. The summed E-state index contributed by atoms with van der Waals surface area (Å²) in [6.07, 6.45) is 7.45. The van der Waals surface area contributed by atoms with E-state index < -0.39 is 0 Å². The highest BCUT2D eigenvalue weighted by Crippen LogP contribution is 2.62. The van der Waals surface area contributed by atoms with Gasteiger partial charge in [-0.05, 0) is 69.1 Å². The summed E-state index contributed by atoms with van der Waals surface area (Å²) >= 11 is 0. The first-order valence-corrected chi connectivity index (χ1v) is 7.43. The molecule has 4 unspecified atom stereocenters. The molecule has 2 bridgehead atoms. The van der Waals surface area contributed by atoms with Crippen LogP contribution in [-0.4, -0.2) is 11.6 Å². The fourth-order valence-electron chi connectivity index (χ4n) is 4.84. The maximum atomic E-state index is 11.8. The van der Waals surface area contributed by atoms with Crippen LogP contribution in [0.1, 0.15) is 52.4 Å². The van der Waals surface area contributed by atoms with Crippen molar-refractivity contribution in [2.75, 3.05) is 0 Å². The van der Waals surface area contributed by atoms with Gasteiger partial charge in [0, 0.05) is 5.57 Å². The number of carbonyl (C=O) groups excluding carboxylic acids is 1. The van der Waals surface area contributed by atoms with Crippen LogP contribution in [0.15, 0.2) is 12.2 Å². The Morgan fingerprint density at radius 2 is 1.83 bits per heavy atom. The summed E-state index contributed by atoms with van der Waals surface area (Å²) in [5.74, 6) is 3.33. The summed E-state index contributed by atoms with van der Waals surface area (Å²) in [6, 6.07) is 0. The van der Waals surface area contributed by atoms with E-state index in [1.54, 1.807) is 6.92 Å². The maximum absolute atomic E-state index is 11.8. The normalized spacial score (nSPS) is 45.0. The van der Waals surface area contributed by atoms with E-state index in [9.17, 15) is 4.79 Å². The standard InChI is InChI=1S/C16H24O2/c1-4-16(18-15(17)10(2)3)8-13-11-5-6-12(7-11)14(13)9-16/h11-14H,2,4-9H2,1,3H3. The molecule has 3 fully saturated rings. The Balaban J connectivity index is 1.75. The largest absolute Gasteiger partial charge is 0.456 e. The van der Waals surface area contributed by atoms with Crippen molar-refractivity contribution in [1.29, 1.82) is 0 Å². The average Bonchev–Trinajstić information content (AvgIpc) is 2.98. The molecule has 0 N–H and O–H groups in total. The second kappa shape index (κ2) is 4.11. The highest BCUT2D eigenvalue weighted by molar-refractivity contribution is 5.87. The highest BCUT2D eigenvalue weighted by Gasteiger charge is 2.57. The third-order valence-electron chi connectivity index (χ3n) is 5.79. The molecule has 100 valence electrons. The van der Waals surface area contributed by atoms with Crippen molar-refractivity contribution in [3.05, 3.63) is 12.2 Å². The lowest BCUT2D eigenvalue weighted by molar-refractivity contribution is -0.155. The van der Waals surface area contributed by atoms with Gasteiger partial charge in [-0.25, -0.2) is 4.79 Å². The van der Waals surface area contributed by atoms with Gasteiger partial charge in [0.25, 0.3) is 0 Å². The first-order valence-electron chi connectivity index (χ1n) is 7.43. The van der Waals surface area contributed by atoms with Crippen LogP contribution in [0.2, 0.25) is 0 Å². The fourth-order valence-corrected chi connectivity index (χ4v) is 4.84. The van der Waals surface area contributed by atoms with E-state index in [1.165, 1.54) is 19.3 Å². The van der Waals surface area contributed by atoms with Gasteiger partial charge in [0.1, 0.15) is 5.60 Å². The number of rotatable bonds is 3. The third-order valence-corrected chi connectivity index (χ3v) is 5.79. The first kappa shape index (κ1) is 12.3. The third kappa shape index (κ3) is 1.72. The molecule has 0 spiro atoms. The van der Waals surface area contributed by atoms with Crippen molar-refractivity contribution in [2.24, 2.45) is 23.7 Å². The summed E-state index contributed by atoms with van der Waals surface area (Å²) in [7, 11) is 0. The van der Waals surface area contributed by atoms with Gasteiger partial charge in [-0.3, -0.25) is 0 Å². The molecule has 4 atom stereocenters. The molecule has 0 amide bonds. The van der Waals surface area contributed by atoms with Crippen molar-refractivity contribution in [2.45, 2.75) is 58.0 Å². The quantitative estimate of drug-likeness (QED) is 0.562. The fraction of sp³-hybridized carbons (Fsp3) is 0.812. The second-order valence-electron chi connectivity index (χ2n) is 6.78. The van der Waals surface area contributed by atoms with Gasteiger partial charge < -0.3 is 4.74 Å². The van der Waals surface area contributed by atoms with Crippen LogP contribution in [0, 0.1) is 23.7 Å². The van der Waals surface area contributed by atoms with Crippen LogP contribution < -0.4 is 0 Å². The van der Waals surface area contributed by atoms with E-state index in [2.05, 4.69) is 13.5 Å². The van der Waals surface area contributed by atoms with Gasteiger partial charge in [0.05, 0.1) is 0 Å². The SMILES string of the molecule is C=C(C)C(=O)OC1(CC)CC2C3CCC(C3)C2C1. The molecule has 0 heterocycles. The van der Waals surface area contributed by atoms with Crippen LogP contribution >= 0.6 is 0 Å². The molecular formula is C16H24O2. The number of fused-ring (bicyclic) bond motifs is 5. The number of hydrogen-bond donors (Lipinski definition) is 0. The average molecular weight is 248 g/mol. The Morgan fingerprint density at radius 1 is 1.28 bits per heavy atom. The zero-order valence-corrected chi connectivity index (χ0v) is 11.6. The molecule has 3 rings (SSSR count). The van der Waals surface area contributed by atoms with Crippen molar-refractivity contribution >= 4 is 5.97 Å². The minimum atomic E-state index is -0.191. The predicted molar refractivity (Wildman–Crippen MR) is 71.0 cm³/mol. The molecule has 2 heteroatoms. The Bertz CT molecular complexity index is 367. The number of esters is 1. The summed E-state index contributed by atoms with van der Waals surface area (Å²) in [6.45, 7) is 7.61. The van der Waals surface area contributed by atoms with E-state index in [-0.39, 0.29) is 11.6 Å². The van der Waals surface area contributed by atoms with E-state index in [0.29, 0.717) is 5.57 Å². The number of hydrogen-bond acceptors (Lipinski definition) is 2. The topological polar surface area (TPSA) is 26.3 Å². The summed E-state index contributed by atoms with van der Waals surface area (Å²) < 4.78 is 5.83. The van der Waals surface area contributed by atoms with E-state index in [4.69, 9.17) is 4.74 Å². The molecule has 0 aliphatic heterocycles. The van der Waals surface area contributed by atoms with Crippen LogP contribution in [0.25, 0.3) is 0 Å². The maximum Gasteiger partial charge on any atom is 0.333 e. The molecule has 0 saturated heterocycles. The van der Waals surface area contributed by atoms with Gasteiger partial charge in [-0.2, -0.15) is 0 Å². The molecule has 3 aliphatic carbocycles. The van der Waals surface area contributed by atoms with Crippen molar-refractivity contribution in [3.8, 4) is 0 Å². The highest BCUT2D eigenvalue weighted by atomic mass is 16.6. The van der Waals surface area contributed by atoms with Crippen LogP contribution in [0.3, 0.4) is 0 Å². The monoisotopic (exact) mass is 248 g/mol. The minimum absolute atomic E-state index is 0.174. The molecule has 3 saturated carbocycles. The molecule has 3 aliphatic rings. The van der Waals surface area contributed by atoms with E-state index in [1.807, 2.05) is 0 Å². The molecule has 0 aromatic carbocycles. The summed E-state index contributed by atoms with van der Waals surface area (Å²) in [5, 5.41) is 0. The Labute approximate surface area is 110 Å². The Morgan fingerprint density at radius 3 is 2.28 bits per heavy atom. The zero-order chi connectivity index (χ0) is 12.9. The van der Waals surface area contributed by atoms with Crippen LogP contribution in [0.4, 0.5) is 0 Å². The van der Waals surface area contributed by atoms with E-state index >= 15 is 0 Å². The number of ether oxygens (including phenoxy) is 1. The van der Waals surface area contributed by atoms with Crippen LogP contribution in [0.5, 0.6) is 0 Å². The molecule has 18 heavy (non-hydrogen) atoms. The van der Waals surface area contributed by atoms with Gasteiger partial charge in [0.2, 0.25) is 0 Å². The summed E-state index contributed by atoms with van der Waals surface area (Å²) in [4.78, 5) is 11.8. The van der Waals surface area contributed by atoms with Gasteiger partial charge in [-0.1, -0.05) is 13.5 Å². The van der Waals surface area contributed by atoms with Gasteiger partial charge >= 0.3 is 5.97 Å².